The summed E-state index contributed by atoms with van der Waals surface area (Å²) in [5, 5.41) is 7.73. The number of nitrogens with one attached hydrogen (secondary N) is 3. The van der Waals surface area contributed by atoms with E-state index in [0.29, 0.717) is 19.0 Å². The average molecular weight is 590 g/mol. The van der Waals surface area contributed by atoms with E-state index >= 15 is 0 Å². The SMILES string of the molecule is CCNSc1cc(NC2CN(C(=O)OC(C)(C)C)C2)ccc1-c1cnc(C2CCC(NC(=O)OC(C)C)CC2)s1. The minimum atomic E-state index is -0.486. The molecule has 2 fully saturated rings. The Hall–Kier alpha value is -2.50. The van der Waals surface area contributed by atoms with Gasteiger partial charge in [-0.3, -0.25) is 4.72 Å². The number of ether oxygens (including phenoxy) is 2. The van der Waals surface area contributed by atoms with Crippen molar-refractivity contribution in [2.24, 2.45) is 0 Å². The topological polar surface area (TPSA) is 105 Å². The van der Waals surface area contributed by atoms with Gasteiger partial charge in [-0.1, -0.05) is 13.0 Å². The van der Waals surface area contributed by atoms with Crippen LogP contribution in [0.4, 0.5) is 15.3 Å². The molecule has 1 aliphatic heterocycles. The van der Waals surface area contributed by atoms with Crippen molar-refractivity contribution in [3.8, 4) is 10.4 Å². The Morgan fingerprint density at radius 2 is 1.88 bits per heavy atom. The van der Waals surface area contributed by atoms with E-state index in [-0.39, 0.29) is 30.4 Å². The van der Waals surface area contributed by atoms with Crippen molar-refractivity contribution in [2.75, 3.05) is 25.0 Å². The van der Waals surface area contributed by atoms with E-state index in [2.05, 4.69) is 40.5 Å². The number of anilines is 1. The molecule has 40 heavy (non-hydrogen) atoms. The number of alkyl carbamates (subject to hydrolysis) is 1. The molecule has 1 saturated carbocycles. The fraction of sp³-hybridized carbons (Fsp3) is 0.621. The zero-order valence-corrected chi connectivity index (χ0v) is 26.0. The molecule has 2 heterocycles. The van der Waals surface area contributed by atoms with Gasteiger partial charge in [-0.25, -0.2) is 14.6 Å². The van der Waals surface area contributed by atoms with Gasteiger partial charge in [0, 0.05) is 53.9 Å². The van der Waals surface area contributed by atoms with Crippen LogP contribution in [0.15, 0.2) is 29.3 Å². The summed E-state index contributed by atoms with van der Waals surface area (Å²) in [6.45, 7) is 13.6. The highest BCUT2D eigenvalue weighted by Gasteiger charge is 2.34. The number of benzene rings is 1. The van der Waals surface area contributed by atoms with Crippen LogP contribution in [0.1, 0.15) is 78.2 Å². The minimum absolute atomic E-state index is 0.113. The lowest BCUT2D eigenvalue weighted by Gasteiger charge is -2.40. The minimum Gasteiger partial charge on any atom is -0.447 e. The number of rotatable bonds is 9. The lowest BCUT2D eigenvalue weighted by molar-refractivity contribution is 0.0105. The molecule has 11 heteroatoms. The van der Waals surface area contributed by atoms with Crippen molar-refractivity contribution < 1.29 is 19.1 Å². The molecule has 3 N–H and O–H groups in total. The summed E-state index contributed by atoms with van der Waals surface area (Å²) in [5.41, 5.74) is 1.71. The molecule has 9 nitrogen and oxygen atoms in total. The number of aromatic nitrogens is 1. The van der Waals surface area contributed by atoms with Gasteiger partial charge in [0.05, 0.1) is 22.0 Å². The van der Waals surface area contributed by atoms with Crippen LogP contribution < -0.4 is 15.4 Å². The first kappa shape index (κ1) is 30.5. The number of hydrogen-bond donors (Lipinski definition) is 3. The van der Waals surface area contributed by atoms with E-state index in [1.807, 2.05) is 40.8 Å². The maximum Gasteiger partial charge on any atom is 0.410 e. The first-order chi connectivity index (χ1) is 19.0. The van der Waals surface area contributed by atoms with Gasteiger partial charge in [0.2, 0.25) is 0 Å². The second-order valence-electron chi connectivity index (χ2n) is 11.7. The molecule has 0 unspecified atom stereocenters. The maximum absolute atomic E-state index is 12.3. The van der Waals surface area contributed by atoms with Crippen LogP contribution in [-0.2, 0) is 9.47 Å². The zero-order valence-electron chi connectivity index (χ0n) is 24.4. The van der Waals surface area contributed by atoms with Crippen molar-refractivity contribution in [1.82, 2.24) is 19.9 Å². The van der Waals surface area contributed by atoms with Crippen LogP contribution in [-0.4, -0.2) is 65.5 Å². The molecular weight excluding hydrogens is 546 g/mol. The molecule has 1 aromatic carbocycles. The number of nitrogens with zero attached hydrogens (tertiary/aromatic N) is 2. The zero-order chi connectivity index (χ0) is 28.9. The second kappa shape index (κ2) is 13.4. The van der Waals surface area contributed by atoms with Gasteiger partial charge < -0.3 is 25.0 Å². The fourth-order valence-electron chi connectivity index (χ4n) is 4.83. The summed E-state index contributed by atoms with van der Waals surface area (Å²) < 4.78 is 14.1. The van der Waals surface area contributed by atoms with Crippen LogP contribution in [0.2, 0.25) is 0 Å². The molecule has 1 aliphatic carbocycles. The van der Waals surface area contributed by atoms with E-state index in [9.17, 15) is 9.59 Å². The highest BCUT2D eigenvalue weighted by Crippen LogP contribution is 2.40. The first-order valence-electron chi connectivity index (χ1n) is 14.2. The molecule has 220 valence electrons. The highest BCUT2D eigenvalue weighted by atomic mass is 32.2. The summed E-state index contributed by atoms with van der Waals surface area (Å²) in [4.78, 5) is 33.1. The van der Waals surface area contributed by atoms with Crippen molar-refractivity contribution >= 4 is 41.2 Å². The Morgan fingerprint density at radius 1 is 1.15 bits per heavy atom. The number of thiazole rings is 1. The van der Waals surface area contributed by atoms with Crippen LogP contribution >= 0.6 is 23.3 Å². The Bertz CT molecular complexity index is 1150. The lowest BCUT2D eigenvalue weighted by atomic mass is 9.86. The molecule has 1 aromatic heterocycles. The average Bonchev–Trinajstić information content (AvgIpc) is 3.33. The molecule has 0 spiro atoms. The predicted octanol–water partition coefficient (Wildman–Crippen LogP) is 6.62. The number of carbonyl (C=O) groups excluding carboxylic acids is 2. The Kier molecular flexibility index (Phi) is 10.2. The van der Waals surface area contributed by atoms with Gasteiger partial charge >= 0.3 is 12.2 Å². The molecule has 0 atom stereocenters. The van der Waals surface area contributed by atoms with Gasteiger partial charge in [-0.15, -0.1) is 11.3 Å². The number of amides is 2. The smallest absolute Gasteiger partial charge is 0.410 e. The molecule has 0 bridgehead atoms. The lowest BCUT2D eigenvalue weighted by Crippen LogP contribution is -2.57. The van der Waals surface area contributed by atoms with Gasteiger partial charge in [-0.2, -0.15) is 0 Å². The number of hydrogen-bond acceptors (Lipinski definition) is 9. The number of carbonyl (C=O) groups is 2. The third-order valence-electron chi connectivity index (χ3n) is 6.74. The third-order valence-corrected chi connectivity index (χ3v) is 8.93. The Labute approximate surface area is 246 Å². The molecule has 2 amide bonds. The second-order valence-corrected chi connectivity index (χ2v) is 13.7. The van der Waals surface area contributed by atoms with Gasteiger partial charge in [0.15, 0.2) is 0 Å². The fourth-order valence-corrected chi connectivity index (χ4v) is 6.80. The van der Waals surface area contributed by atoms with Gasteiger partial charge in [0.25, 0.3) is 0 Å². The van der Waals surface area contributed by atoms with Crippen LogP contribution in [0, 0.1) is 0 Å². The van der Waals surface area contributed by atoms with Crippen molar-refractivity contribution in [3.05, 3.63) is 29.4 Å². The standard InChI is InChI=1S/C29H43N5O4S2/c1-7-31-40-24-14-21(32-22-16-34(17-22)28(36)38-29(4,5)6)12-13-23(24)25-15-30-26(39-25)19-8-10-20(11-9-19)33-27(35)37-18(2)3/h12-15,18-20,22,31-32H,7-11,16-17H2,1-6H3,(H,33,35). The monoisotopic (exact) mass is 589 g/mol. The Morgan fingerprint density at radius 3 is 2.52 bits per heavy atom. The van der Waals surface area contributed by atoms with Gasteiger partial charge in [0.1, 0.15) is 5.60 Å². The van der Waals surface area contributed by atoms with Gasteiger partial charge in [-0.05, 0) is 84.4 Å². The molecule has 2 aliphatic rings. The normalized spacial score (nSPS) is 19.7. The largest absolute Gasteiger partial charge is 0.447 e. The van der Waals surface area contributed by atoms with E-state index in [0.717, 1.165) is 58.3 Å². The van der Waals surface area contributed by atoms with Crippen molar-refractivity contribution in [1.29, 1.82) is 0 Å². The highest BCUT2D eigenvalue weighted by molar-refractivity contribution is 7.97. The maximum atomic E-state index is 12.3. The predicted molar refractivity (Wildman–Crippen MR) is 162 cm³/mol. The quantitative estimate of drug-likeness (QED) is 0.280. The summed E-state index contributed by atoms with van der Waals surface area (Å²) in [5.74, 6) is 0.412. The number of likely N-dealkylation sites (tertiary alicyclic amines) is 1. The summed E-state index contributed by atoms with van der Waals surface area (Å²) >= 11 is 3.39. The molecular formula is C29H43N5O4S2. The molecule has 4 rings (SSSR count). The first-order valence-corrected chi connectivity index (χ1v) is 15.9. The van der Waals surface area contributed by atoms with E-state index in [1.165, 1.54) is 0 Å². The van der Waals surface area contributed by atoms with Crippen LogP contribution in [0.3, 0.4) is 0 Å². The van der Waals surface area contributed by atoms with Crippen molar-refractivity contribution in [3.63, 3.8) is 0 Å². The van der Waals surface area contributed by atoms with Crippen LogP contribution in [0.25, 0.3) is 10.4 Å². The van der Waals surface area contributed by atoms with Crippen LogP contribution in [0.5, 0.6) is 0 Å². The summed E-state index contributed by atoms with van der Waals surface area (Å²) in [6.07, 6.45) is 5.17. The van der Waals surface area contributed by atoms with Crippen molar-refractivity contribution in [2.45, 2.75) is 102 Å². The third kappa shape index (κ3) is 8.50. The summed E-state index contributed by atoms with van der Waals surface area (Å²) in [6, 6.07) is 6.79. The molecule has 0 radical (unpaired) electrons. The van der Waals surface area contributed by atoms with E-state index in [1.54, 1.807) is 28.2 Å². The summed E-state index contributed by atoms with van der Waals surface area (Å²) in [7, 11) is 0. The molecule has 2 aromatic rings. The molecule has 1 saturated heterocycles. The Balaban J connectivity index is 1.35. The van der Waals surface area contributed by atoms with E-state index in [4.69, 9.17) is 14.5 Å². The van der Waals surface area contributed by atoms with E-state index < -0.39 is 5.60 Å².